The molecule has 3 aromatic rings. The summed E-state index contributed by atoms with van der Waals surface area (Å²) in [6.45, 7) is 4.93. The first-order valence-electron chi connectivity index (χ1n) is 9.73. The van der Waals surface area contributed by atoms with Crippen molar-refractivity contribution in [3.8, 4) is 0 Å². The fraction of sp³-hybridized carbons (Fsp3) is 0.261. The molecule has 0 saturated carbocycles. The summed E-state index contributed by atoms with van der Waals surface area (Å²) >= 11 is 1.75. The van der Waals surface area contributed by atoms with Gasteiger partial charge in [0.2, 0.25) is 0 Å². The summed E-state index contributed by atoms with van der Waals surface area (Å²) in [6, 6.07) is 18.8. The highest BCUT2D eigenvalue weighted by molar-refractivity contribution is 7.16. The highest BCUT2D eigenvalue weighted by Crippen LogP contribution is 2.41. The Morgan fingerprint density at radius 2 is 1.86 bits per heavy atom. The molecule has 2 aromatic carbocycles. The van der Waals surface area contributed by atoms with E-state index < -0.39 is 0 Å². The van der Waals surface area contributed by atoms with Crippen LogP contribution in [0.3, 0.4) is 0 Å². The molecule has 0 saturated heterocycles. The minimum Gasteiger partial charge on any atom is -0.353 e. The van der Waals surface area contributed by atoms with Gasteiger partial charge >= 0.3 is 0 Å². The van der Waals surface area contributed by atoms with Crippen LogP contribution in [-0.4, -0.2) is 17.4 Å². The minimum atomic E-state index is -0.165. The molecule has 1 atom stereocenters. The molecule has 0 bridgehead atoms. The number of rotatable bonds is 3. The number of nitrogens with one attached hydrogen (secondary N) is 2. The first-order chi connectivity index (χ1) is 13.7. The normalized spacial score (nSPS) is 18.8. The number of anilines is 1. The third kappa shape index (κ3) is 3.11. The summed E-state index contributed by atoms with van der Waals surface area (Å²) in [5.74, 6) is 0.0519. The minimum absolute atomic E-state index is 0.0519. The first-order valence-corrected chi connectivity index (χ1v) is 10.5. The van der Waals surface area contributed by atoms with Crippen LogP contribution in [0.15, 0.2) is 54.6 Å². The van der Waals surface area contributed by atoms with Crippen LogP contribution >= 0.6 is 11.3 Å². The van der Waals surface area contributed by atoms with Gasteiger partial charge in [0, 0.05) is 24.5 Å². The van der Waals surface area contributed by atoms with Crippen LogP contribution < -0.4 is 10.6 Å². The molecular weight excluding hydrogens is 366 g/mol. The van der Waals surface area contributed by atoms with Gasteiger partial charge in [-0.3, -0.25) is 9.69 Å². The maximum atomic E-state index is 12.9. The highest BCUT2D eigenvalue weighted by Gasteiger charge is 2.33. The van der Waals surface area contributed by atoms with Crippen LogP contribution in [0, 0.1) is 6.92 Å². The van der Waals surface area contributed by atoms with Gasteiger partial charge in [0.25, 0.3) is 5.91 Å². The van der Waals surface area contributed by atoms with E-state index in [-0.39, 0.29) is 12.1 Å². The van der Waals surface area contributed by atoms with Gasteiger partial charge in [-0.2, -0.15) is 0 Å². The number of thiophene rings is 1. The molecule has 1 unspecified atom stereocenters. The maximum Gasteiger partial charge on any atom is 0.256 e. The topological polar surface area (TPSA) is 44.4 Å². The summed E-state index contributed by atoms with van der Waals surface area (Å²) in [7, 11) is 0. The second kappa shape index (κ2) is 7.08. The van der Waals surface area contributed by atoms with Gasteiger partial charge in [0.1, 0.15) is 11.2 Å². The summed E-state index contributed by atoms with van der Waals surface area (Å²) in [6.07, 6.45) is 0.764. The molecule has 28 heavy (non-hydrogen) atoms. The van der Waals surface area contributed by atoms with Gasteiger partial charge < -0.3 is 10.6 Å². The molecule has 2 aliphatic heterocycles. The molecule has 3 heterocycles. The Bertz CT molecular complexity index is 1030. The van der Waals surface area contributed by atoms with E-state index in [0.717, 1.165) is 42.2 Å². The zero-order valence-corrected chi connectivity index (χ0v) is 16.7. The molecule has 0 radical (unpaired) electrons. The van der Waals surface area contributed by atoms with E-state index in [1.54, 1.807) is 11.3 Å². The van der Waals surface area contributed by atoms with Crippen molar-refractivity contribution in [2.75, 3.05) is 11.9 Å². The number of aryl methyl sites for hydroxylation is 1. The number of nitrogens with zero attached hydrogens (tertiary/aromatic N) is 1. The number of benzene rings is 2. The lowest BCUT2D eigenvalue weighted by atomic mass is 9.99. The predicted octanol–water partition coefficient (Wildman–Crippen LogP) is 4.47. The highest BCUT2D eigenvalue weighted by atomic mass is 32.1. The lowest BCUT2D eigenvalue weighted by molar-refractivity contribution is 0.0934. The SMILES string of the molecule is Cc1ccccc1C1NC(=O)c2c(sc3c2CCN(Cc2ccccc2)C3)N1. The molecule has 4 nitrogen and oxygen atoms in total. The van der Waals surface area contributed by atoms with E-state index >= 15 is 0 Å². The zero-order chi connectivity index (χ0) is 19.1. The molecule has 2 aliphatic rings. The van der Waals surface area contributed by atoms with Gasteiger partial charge in [0.05, 0.1) is 5.56 Å². The Morgan fingerprint density at radius 1 is 1.07 bits per heavy atom. The van der Waals surface area contributed by atoms with Crippen molar-refractivity contribution in [2.24, 2.45) is 0 Å². The quantitative estimate of drug-likeness (QED) is 0.695. The molecule has 2 N–H and O–H groups in total. The lowest BCUT2D eigenvalue weighted by Crippen LogP contribution is -2.39. The fourth-order valence-corrected chi connectivity index (χ4v) is 5.53. The number of hydrogen-bond donors (Lipinski definition) is 2. The van der Waals surface area contributed by atoms with Crippen molar-refractivity contribution in [1.29, 1.82) is 0 Å². The average molecular weight is 390 g/mol. The van der Waals surface area contributed by atoms with Crippen molar-refractivity contribution < 1.29 is 4.79 Å². The Morgan fingerprint density at radius 3 is 2.68 bits per heavy atom. The van der Waals surface area contributed by atoms with Crippen LogP contribution in [0.2, 0.25) is 0 Å². The maximum absolute atomic E-state index is 12.9. The lowest BCUT2D eigenvalue weighted by Gasteiger charge is -2.29. The third-order valence-corrected chi connectivity index (χ3v) is 6.81. The monoisotopic (exact) mass is 389 g/mol. The van der Waals surface area contributed by atoms with E-state index in [0.29, 0.717) is 0 Å². The van der Waals surface area contributed by atoms with Gasteiger partial charge in [-0.25, -0.2) is 0 Å². The third-order valence-electron chi connectivity index (χ3n) is 5.66. The van der Waals surface area contributed by atoms with Crippen LogP contribution in [0.4, 0.5) is 5.00 Å². The van der Waals surface area contributed by atoms with E-state index in [2.05, 4.69) is 64.9 Å². The molecule has 0 aliphatic carbocycles. The van der Waals surface area contributed by atoms with Gasteiger partial charge in [0.15, 0.2) is 0 Å². The van der Waals surface area contributed by atoms with Gasteiger partial charge in [-0.1, -0.05) is 54.6 Å². The zero-order valence-electron chi connectivity index (χ0n) is 15.9. The van der Waals surface area contributed by atoms with Crippen molar-refractivity contribution >= 4 is 22.2 Å². The van der Waals surface area contributed by atoms with E-state index in [4.69, 9.17) is 0 Å². The summed E-state index contributed by atoms with van der Waals surface area (Å²) in [5, 5.41) is 7.75. The number of fused-ring (bicyclic) bond motifs is 3. The van der Waals surface area contributed by atoms with Crippen LogP contribution in [-0.2, 0) is 19.5 Å². The molecule has 0 spiro atoms. The number of hydrogen-bond acceptors (Lipinski definition) is 4. The van der Waals surface area contributed by atoms with Crippen molar-refractivity contribution in [2.45, 2.75) is 32.6 Å². The van der Waals surface area contributed by atoms with Crippen LogP contribution in [0.1, 0.15) is 43.7 Å². The average Bonchev–Trinajstić information content (AvgIpc) is 3.07. The van der Waals surface area contributed by atoms with E-state index in [1.807, 2.05) is 12.1 Å². The van der Waals surface area contributed by atoms with Gasteiger partial charge in [-0.15, -0.1) is 11.3 Å². The van der Waals surface area contributed by atoms with E-state index in [1.165, 1.54) is 21.6 Å². The second-order valence-corrected chi connectivity index (χ2v) is 8.67. The summed E-state index contributed by atoms with van der Waals surface area (Å²) in [4.78, 5) is 16.7. The first kappa shape index (κ1) is 17.5. The molecule has 5 rings (SSSR count). The molecule has 142 valence electrons. The molecular formula is C23H23N3OS. The van der Waals surface area contributed by atoms with E-state index in [9.17, 15) is 4.79 Å². The molecule has 5 heteroatoms. The standard InChI is InChI=1S/C23H23N3OS/c1-15-7-5-6-10-17(15)21-24-22(27)20-18-11-12-26(13-16-8-3-2-4-9-16)14-19(18)28-23(20)25-21/h2-10,21,25H,11-14H2,1H3,(H,24,27). The fourth-order valence-electron chi connectivity index (χ4n) is 4.21. The Kier molecular flexibility index (Phi) is 4.41. The van der Waals surface area contributed by atoms with Crippen LogP contribution in [0.5, 0.6) is 0 Å². The summed E-state index contributed by atoms with van der Waals surface area (Å²) < 4.78 is 0. The van der Waals surface area contributed by atoms with Crippen molar-refractivity contribution in [1.82, 2.24) is 10.2 Å². The summed E-state index contributed by atoms with van der Waals surface area (Å²) in [5.41, 5.74) is 5.74. The van der Waals surface area contributed by atoms with Gasteiger partial charge in [-0.05, 0) is 35.6 Å². The van der Waals surface area contributed by atoms with Crippen molar-refractivity contribution in [3.05, 3.63) is 87.3 Å². The predicted molar refractivity (Wildman–Crippen MR) is 114 cm³/mol. The van der Waals surface area contributed by atoms with Crippen LogP contribution in [0.25, 0.3) is 0 Å². The smallest absolute Gasteiger partial charge is 0.256 e. The number of carbonyl (C=O) groups is 1. The van der Waals surface area contributed by atoms with Crippen molar-refractivity contribution in [3.63, 3.8) is 0 Å². The molecule has 0 fully saturated rings. The molecule has 1 amide bonds. The number of amides is 1. The largest absolute Gasteiger partial charge is 0.353 e. The second-order valence-electron chi connectivity index (χ2n) is 7.56. The molecule has 1 aromatic heterocycles. The number of carbonyl (C=O) groups excluding carboxylic acids is 1. The Labute approximate surface area is 169 Å². The Hall–Kier alpha value is -2.63. The Balaban J connectivity index is 1.40.